The molecular weight excluding hydrogens is 1230 g/mol. The number of rotatable bonds is 7. The van der Waals surface area contributed by atoms with Crippen molar-refractivity contribution in [1.82, 2.24) is 13.7 Å². The van der Waals surface area contributed by atoms with Crippen LogP contribution in [0, 0.1) is 0 Å². The first-order chi connectivity index (χ1) is 49.2. The van der Waals surface area contributed by atoms with Crippen molar-refractivity contribution in [3.8, 4) is 39.3 Å². The summed E-state index contributed by atoms with van der Waals surface area (Å²) in [6.07, 6.45) is 2.25. The van der Waals surface area contributed by atoms with Crippen LogP contribution in [0.1, 0.15) is 117 Å². The smallest absolute Gasteiger partial charge is 0.252 e. The molecule has 16 aromatic rings. The number of para-hydroxylation sites is 5. The van der Waals surface area contributed by atoms with Gasteiger partial charge in [0.15, 0.2) is 0 Å². The van der Waals surface area contributed by atoms with Crippen molar-refractivity contribution in [1.29, 1.82) is 0 Å². The molecule has 0 atom stereocenters. The van der Waals surface area contributed by atoms with Gasteiger partial charge in [-0.25, -0.2) is 0 Å². The Morgan fingerprint density at radius 2 is 0.598 bits per heavy atom. The van der Waals surface area contributed by atoms with Crippen molar-refractivity contribution >= 4 is 123 Å². The lowest BCUT2D eigenvalue weighted by Gasteiger charge is -2.44. The van der Waals surface area contributed by atoms with Crippen LogP contribution in [0.25, 0.3) is 105 Å². The van der Waals surface area contributed by atoms with Gasteiger partial charge in [0.1, 0.15) is 0 Å². The third-order valence-electron chi connectivity index (χ3n) is 24.1. The molecule has 13 aromatic carbocycles. The van der Waals surface area contributed by atoms with Gasteiger partial charge in [0, 0.05) is 77.8 Å². The third kappa shape index (κ3) is 8.84. The quantitative estimate of drug-likeness (QED) is 0.148. The minimum atomic E-state index is -0.176. The summed E-state index contributed by atoms with van der Waals surface area (Å²) < 4.78 is 7.55. The van der Waals surface area contributed by atoms with Gasteiger partial charge in [0.25, 0.3) is 6.71 Å². The van der Waals surface area contributed by atoms with Crippen LogP contribution < -0.4 is 26.2 Å². The van der Waals surface area contributed by atoms with E-state index >= 15 is 0 Å². The number of nitrogens with zero attached hydrogens (tertiary/aromatic N) is 5. The fraction of sp³-hybridized carbons (Fsp3) is 0.188. The van der Waals surface area contributed by atoms with E-state index in [0.717, 1.165) is 64.0 Å². The highest BCUT2D eigenvalue weighted by molar-refractivity contribution is 7.00. The van der Waals surface area contributed by atoms with E-state index in [1.165, 1.54) is 132 Å². The molecule has 0 bridgehead atoms. The number of aromatic nitrogens is 3. The summed E-state index contributed by atoms with van der Waals surface area (Å²) in [5.41, 5.74) is 33.4. The topological polar surface area (TPSA) is 21.3 Å². The molecule has 0 saturated heterocycles. The maximum atomic E-state index is 2.63. The molecule has 5 nitrogen and oxygen atoms in total. The average molecular weight is 1320 g/mol. The monoisotopic (exact) mass is 1320 g/mol. The molecule has 0 radical (unpaired) electrons. The van der Waals surface area contributed by atoms with E-state index in [2.05, 4.69) is 373 Å². The Hall–Kier alpha value is -11.1. The zero-order chi connectivity index (χ0) is 69.3. The van der Waals surface area contributed by atoms with Crippen molar-refractivity contribution in [2.75, 3.05) is 9.80 Å². The summed E-state index contributed by atoms with van der Waals surface area (Å²) >= 11 is 0. The van der Waals surface area contributed by atoms with E-state index < -0.39 is 0 Å². The first-order valence-electron chi connectivity index (χ1n) is 36.8. The van der Waals surface area contributed by atoms with E-state index in [4.69, 9.17) is 0 Å². The summed E-state index contributed by atoms with van der Waals surface area (Å²) in [4.78, 5) is 5.26. The maximum absolute atomic E-state index is 2.63. The second-order valence-corrected chi connectivity index (χ2v) is 33.6. The third-order valence-corrected chi connectivity index (χ3v) is 24.1. The summed E-state index contributed by atoms with van der Waals surface area (Å²) in [7, 11) is 0. The second-order valence-electron chi connectivity index (χ2n) is 33.6. The fourth-order valence-electron chi connectivity index (χ4n) is 20.0. The van der Waals surface area contributed by atoms with Crippen LogP contribution in [0.5, 0.6) is 0 Å². The van der Waals surface area contributed by atoms with E-state index in [1.54, 1.807) is 0 Å². The molecule has 0 saturated carbocycles. The Bertz CT molecular complexity index is 5840. The van der Waals surface area contributed by atoms with Gasteiger partial charge in [0.05, 0.1) is 38.8 Å². The van der Waals surface area contributed by atoms with Gasteiger partial charge in [-0.1, -0.05) is 246 Å². The van der Waals surface area contributed by atoms with Gasteiger partial charge < -0.3 is 23.5 Å². The lowest BCUT2D eigenvalue weighted by atomic mass is 9.33. The molecule has 20 rings (SSSR count). The number of benzene rings is 13. The molecule has 0 unspecified atom stereocenters. The SMILES string of the molecule is CC(C)(C)c1ccc2c(c1)c1ccccc1n2-c1cc2c3c(c1)N(c1ccc(-c4ccc5c(c4)C(C)(C)CC5(C)C)cc1)c1cc(-n4c5ccccc5c5ccccc54)ccc1B3c1ccc(-n3c4ccccc4c4ccccc43)cc1N2c1ccc(-c2ccc3c(c2)C(C)(C)CC3(C)C)cc1. The molecule has 2 aliphatic heterocycles. The molecular formula is C96H82BN5. The predicted octanol–water partition coefficient (Wildman–Crippen LogP) is 23.6. The summed E-state index contributed by atoms with van der Waals surface area (Å²) in [6, 6.07) is 106. The van der Waals surface area contributed by atoms with E-state index in [0.29, 0.717) is 0 Å². The fourth-order valence-corrected chi connectivity index (χ4v) is 20.0. The minimum Gasteiger partial charge on any atom is -0.311 e. The van der Waals surface area contributed by atoms with Crippen LogP contribution in [-0.2, 0) is 27.1 Å². The summed E-state index contributed by atoms with van der Waals surface area (Å²) in [6.45, 7) is 26.2. The highest BCUT2D eigenvalue weighted by Gasteiger charge is 2.46. The highest BCUT2D eigenvalue weighted by atomic mass is 15.2. The molecule has 0 N–H and O–H groups in total. The molecule has 0 amide bonds. The summed E-state index contributed by atoms with van der Waals surface area (Å²) in [5, 5.41) is 7.46. The van der Waals surface area contributed by atoms with Crippen molar-refractivity contribution in [3.05, 3.63) is 301 Å². The Kier molecular flexibility index (Phi) is 12.7. The van der Waals surface area contributed by atoms with E-state index in [-0.39, 0.29) is 33.8 Å². The standard InChI is InChI=1S/C96H82BN5/c1-92(2,3)63-38-49-86-74(52-63)73-26-16-21-31-85(73)102(86)68-55-89-91-90(56-68)99(65-41-34-60(35-42-65)62-37-46-76-78(51-62)96(10,11)58-94(76,6)7)88-54-67(101-83-29-19-14-24-71(83)72-25-15-20-30-84(72)101)44-48-80(88)97(91)79-47-43-66(100-81-27-17-12-22-69(81)70-23-13-18-28-82(70)100)53-87(79)98(89)64-39-32-59(33-40-64)61-36-45-75-77(50-61)95(8,9)57-93(75,4)5/h12-56H,57-58H2,1-11H3. The zero-order valence-electron chi connectivity index (χ0n) is 60.2. The Labute approximate surface area is 598 Å². The van der Waals surface area contributed by atoms with Gasteiger partial charge in [-0.2, -0.15) is 0 Å². The molecule has 4 aliphatic rings. The second kappa shape index (κ2) is 21.3. The molecule has 5 heterocycles. The van der Waals surface area contributed by atoms with Crippen molar-refractivity contribution in [2.24, 2.45) is 0 Å². The van der Waals surface area contributed by atoms with Crippen LogP contribution in [-0.4, -0.2) is 20.4 Å². The highest BCUT2D eigenvalue weighted by Crippen LogP contribution is 2.54. The van der Waals surface area contributed by atoms with Crippen LogP contribution in [0.2, 0.25) is 0 Å². The number of hydrogen-bond donors (Lipinski definition) is 0. The van der Waals surface area contributed by atoms with E-state index in [1.807, 2.05) is 0 Å². The normalized spacial score (nSPS) is 16.0. The lowest BCUT2D eigenvalue weighted by Crippen LogP contribution is -2.61. The van der Waals surface area contributed by atoms with Crippen molar-refractivity contribution < 1.29 is 0 Å². The predicted molar refractivity (Wildman–Crippen MR) is 434 cm³/mol. The number of fused-ring (bicyclic) bond motifs is 15. The first kappa shape index (κ1) is 60.8. The van der Waals surface area contributed by atoms with Crippen molar-refractivity contribution in [3.63, 3.8) is 0 Å². The largest absolute Gasteiger partial charge is 0.311 e. The summed E-state index contributed by atoms with van der Waals surface area (Å²) in [5.74, 6) is 0. The van der Waals surface area contributed by atoms with Crippen LogP contribution >= 0.6 is 0 Å². The first-order valence-corrected chi connectivity index (χ1v) is 36.8. The van der Waals surface area contributed by atoms with Gasteiger partial charge in [0.2, 0.25) is 0 Å². The van der Waals surface area contributed by atoms with Gasteiger partial charge in [-0.15, -0.1) is 0 Å². The zero-order valence-corrected chi connectivity index (χ0v) is 60.2. The molecule has 0 spiro atoms. The number of anilines is 6. The van der Waals surface area contributed by atoms with Crippen molar-refractivity contribution in [2.45, 2.75) is 116 Å². The van der Waals surface area contributed by atoms with Crippen LogP contribution in [0.3, 0.4) is 0 Å². The van der Waals surface area contributed by atoms with Gasteiger partial charge >= 0.3 is 0 Å². The molecule has 0 fully saturated rings. The molecule has 2 aliphatic carbocycles. The lowest BCUT2D eigenvalue weighted by molar-refractivity contribution is 0.402. The molecule has 102 heavy (non-hydrogen) atoms. The van der Waals surface area contributed by atoms with Crippen LogP contribution in [0.4, 0.5) is 34.1 Å². The Morgan fingerprint density at radius 3 is 0.990 bits per heavy atom. The van der Waals surface area contributed by atoms with Crippen LogP contribution in [0.15, 0.2) is 273 Å². The molecule has 494 valence electrons. The maximum Gasteiger partial charge on any atom is 0.252 e. The Balaban J connectivity index is 0.882. The molecule has 3 aromatic heterocycles. The minimum absolute atomic E-state index is 0.0481. The average Bonchev–Trinajstić information content (AvgIpc) is 1.42. The van der Waals surface area contributed by atoms with E-state index in [9.17, 15) is 0 Å². The number of hydrogen-bond acceptors (Lipinski definition) is 2. The Morgan fingerprint density at radius 1 is 0.275 bits per heavy atom. The van der Waals surface area contributed by atoms with Gasteiger partial charge in [-0.3, -0.25) is 0 Å². The molecule has 6 heteroatoms. The van der Waals surface area contributed by atoms with Gasteiger partial charge in [-0.05, 0) is 210 Å².